The fourth-order valence-electron chi connectivity index (χ4n) is 1.66. The van der Waals surface area contributed by atoms with Crippen molar-refractivity contribution in [1.82, 2.24) is 0 Å². The van der Waals surface area contributed by atoms with Gasteiger partial charge in [0.2, 0.25) is 0 Å². The molecule has 2 aromatic rings. The summed E-state index contributed by atoms with van der Waals surface area (Å²) in [5, 5.41) is 10.2. The van der Waals surface area contributed by atoms with Crippen molar-refractivity contribution in [3.8, 4) is 5.75 Å². The van der Waals surface area contributed by atoms with E-state index in [9.17, 15) is 5.11 Å². The van der Waals surface area contributed by atoms with Crippen LogP contribution in [0.2, 0.25) is 5.02 Å². The molecule has 0 aromatic heterocycles. The highest BCUT2D eigenvalue weighted by Gasteiger charge is 2.08. The molecule has 16 heavy (non-hydrogen) atoms. The minimum Gasteiger partial charge on any atom is -0.506 e. The SMILES string of the molecule is Cc1ccc(Cc2ccccc2)c(Cl)c1O. The summed E-state index contributed by atoms with van der Waals surface area (Å²) < 4.78 is 0. The van der Waals surface area contributed by atoms with Gasteiger partial charge in [0.1, 0.15) is 5.75 Å². The molecule has 82 valence electrons. The summed E-state index contributed by atoms with van der Waals surface area (Å²) in [6.07, 6.45) is 0.744. The van der Waals surface area contributed by atoms with Crippen LogP contribution in [0.5, 0.6) is 5.75 Å². The standard InChI is InChI=1S/C14H13ClO/c1-10-7-8-12(13(15)14(10)16)9-11-5-3-2-4-6-11/h2-8,16H,9H2,1H3. The molecule has 2 rings (SSSR count). The molecule has 0 saturated heterocycles. The molecule has 2 heteroatoms. The van der Waals surface area contributed by atoms with E-state index in [1.807, 2.05) is 49.4 Å². The predicted octanol–water partition coefficient (Wildman–Crippen LogP) is 3.94. The number of hydrogen-bond acceptors (Lipinski definition) is 1. The fraction of sp³-hybridized carbons (Fsp3) is 0.143. The summed E-state index contributed by atoms with van der Waals surface area (Å²) in [5.41, 5.74) is 2.95. The van der Waals surface area contributed by atoms with E-state index in [2.05, 4.69) is 0 Å². The topological polar surface area (TPSA) is 20.2 Å². The van der Waals surface area contributed by atoms with Gasteiger partial charge in [-0.05, 0) is 30.0 Å². The van der Waals surface area contributed by atoms with Gasteiger partial charge in [-0.2, -0.15) is 0 Å². The molecule has 0 unspecified atom stereocenters. The molecule has 0 amide bonds. The maximum atomic E-state index is 9.73. The average Bonchev–Trinajstić information content (AvgIpc) is 2.31. The van der Waals surface area contributed by atoms with Crippen LogP contribution in [0.25, 0.3) is 0 Å². The van der Waals surface area contributed by atoms with Crippen LogP contribution in [0.4, 0.5) is 0 Å². The first-order valence-electron chi connectivity index (χ1n) is 5.19. The van der Waals surface area contributed by atoms with Crippen LogP contribution in [0.3, 0.4) is 0 Å². The van der Waals surface area contributed by atoms with E-state index in [1.54, 1.807) is 0 Å². The molecule has 0 fully saturated rings. The molecule has 0 bridgehead atoms. The van der Waals surface area contributed by atoms with Crippen LogP contribution in [0.1, 0.15) is 16.7 Å². The van der Waals surface area contributed by atoms with Gasteiger partial charge in [0.05, 0.1) is 5.02 Å². The molecule has 0 radical (unpaired) electrons. The normalized spacial score (nSPS) is 10.4. The molecule has 0 aliphatic carbocycles. The smallest absolute Gasteiger partial charge is 0.137 e. The highest BCUT2D eigenvalue weighted by atomic mass is 35.5. The predicted molar refractivity (Wildman–Crippen MR) is 67.1 cm³/mol. The second kappa shape index (κ2) is 4.58. The lowest BCUT2D eigenvalue weighted by Gasteiger charge is -2.08. The lowest BCUT2D eigenvalue weighted by atomic mass is 10.0. The van der Waals surface area contributed by atoms with Crippen LogP contribution in [0.15, 0.2) is 42.5 Å². The van der Waals surface area contributed by atoms with Gasteiger partial charge in [-0.25, -0.2) is 0 Å². The first kappa shape index (κ1) is 11.0. The molecule has 0 heterocycles. The Bertz CT molecular complexity index is 492. The summed E-state index contributed by atoms with van der Waals surface area (Å²) in [5.74, 6) is 0.190. The van der Waals surface area contributed by atoms with Gasteiger partial charge in [-0.1, -0.05) is 54.1 Å². The van der Waals surface area contributed by atoms with E-state index in [1.165, 1.54) is 5.56 Å². The molecule has 0 spiro atoms. The molecular formula is C14H13ClO. The Morgan fingerprint density at radius 3 is 2.44 bits per heavy atom. The third kappa shape index (κ3) is 2.20. The Morgan fingerprint density at radius 1 is 1.06 bits per heavy atom. The van der Waals surface area contributed by atoms with E-state index in [0.717, 1.165) is 17.5 Å². The number of rotatable bonds is 2. The van der Waals surface area contributed by atoms with Gasteiger partial charge in [-0.3, -0.25) is 0 Å². The van der Waals surface area contributed by atoms with E-state index in [0.29, 0.717) is 5.02 Å². The zero-order valence-electron chi connectivity index (χ0n) is 9.07. The van der Waals surface area contributed by atoms with Crippen molar-refractivity contribution < 1.29 is 5.11 Å². The molecule has 0 saturated carbocycles. The van der Waals surface area contributed by atoms with Crippen molar-refractivity contribution in [1.29, 1.82) is 0 Å². The minimum absolute atomic E-state index is 0.190. The van der Waals surface area contributed by atoms with Gasteiger partial charge in [-0.15, -0.1) is 0 Å². The number of phenolic OH excluding ortho intramolecular Hbond substituents is 1. The first-order chi connectivity index (χ1) is 7.68. The second-order valence-corrected chi connectivity index (χ2v) is 4.24. The lowest BCUT2D eigenvalue weighted by molar-refractivity contribution is 0.471. The number of halogens is 1. The Hall–Kier alpha value is -1.47. The second-order valence-electron chi connectivity index (χ2n) is 3.87. The van der Waals surface area contributed by atoms with Gasteiger partial charge >= 0.3 is 0 Å². The Labute approximate surface area is 100 Å². The third-order valence-electron chi connectivity index (χ3n) is 2.64. The number of hydrogen-bond donors (Lipinski definition) is 1. The molecular weight excluding hydrogens is 220 g/mol. The quantitative estimate of drug-likeness (QED) is 0.832. The number of aryl methyl sites for hydroxylation is 1. The van der Waals surface area contributed by atoms with Gasteiger partial charge in [0.15, 0.2) is 0 Å². The van der Waals surface area contributed by atoms with Crippen molar-refractivity contribution in [2.75, 3.05) is 0 Å². The number of benzene rings is 2. The van der Waals surface area contributed by atoms with E-state index >= 15 is 0 Å². The van der Waals surface area contributed by atoms with Crippen LogP contribution < -0.4 is 0 Å². The molecule has 0 aliphatic heterocycles. The van der Waals surface area contributed by atoms with Gasteiger partial charge in [0.25, 0.3) is 0 Å². The van der Waals surface area contributed by atoms with Crippen molar-refractivity contribution in [2.45, 2.75) is 13.3 Å². The third-order valence-corrected chi connectivity index (χ3v) is 3.06. The van der Waals surface area contributed by atoms with Crippen LogP contribution in [0, 0.1) is 6.92 Å². The zero-order valence-corrected chi connectivity index (χ0v) is 9.83. The van der Waals surface area contributed by atoms with Crippen molar-refractivity contribution in [2.24, 2.45) is 0 Å². The molecule has 1 nitrogen and oxygen atoms in total. The monoisotopic (exact) mass is 232 g/mol. The minimum atomic E-state index is 0.190. The van der Waals surface area contributed by atoms with Gasteiger partial charge < -0.3 is 5.11 Å². The number of aromatic hydroxyl groups is 1. The van der Waals surface area contributed by atoms with E-state index in [4.69, 9.17) is 11.6 Å². The highest BCUT2D eigenvalue weighted by molar-refractivity contribution is 6.32. The summed E-state index contributed by atoms with van der Waals surface area (Å²) in [6.45, 7) is 1.84. The molecule has 0 atom stereocenters. The summed E-state index contributed by atoms with van der Waals surface area (Å²) in [4.78, 5) is 0. The maximum Gasteiger partial charge on any atom is 0.137 e. The van der Waals surface area contributed by atoms with Crippen LogP contribution in [-0.4, -0.2) is 5.11 Å². The Balaban J connectivity index is 2.33. The van der Waals surface area contributed by atoms with Crippen molar-refractivity contribution in [3.63, 3.8) is 0 Å². The highest BCUT2D eigenvalue weighted by Crippen LogP contribution is 2.31. The molecule has 0 aliphatic rings. The Morgan fingerprint density at radius 2 is 1.75 bits per heavy atom. The maximum absolute atomic E-state index is 9.73. The van der Waals surface area contributed by atoms with Crippen molar-refractivity contribution >= 4 is 11.6 Å². The summed E-state index contributed by atoms with van der Waals surface area (Å²) in [6, 6.07) is 13.9. The Kier molecular flexibility index (Phi) is 3.16. The van der Waals surface area contributed by atoms with E-state index in [-0.39, 0.29) is 5.75 Å². The van der Waals surface area contributed by atoms with Crippen LogP contribution >= 0.6 is 11.6 Å². The molecule has 2 aromatic carbocycles. The molecule has 1 N–H and O–H groups in total. The number of phenols is 1. The first-order valence-corrected chi connectivity index (χ1v) is 5.57. The largest absolute Gasteiger partial charge is 0.506 e. The fourth-order valence-corrected chi connectivity index (χ4v) is 1.93. The van der Waals surface area contributed by atoms with E-state index < -0.39 is 0 Å². The summed E-state index contributed by atoms with van der Waals surface area (Å²) in [7, 11) is 0. The summed E-state index contributed by atoms with van der Waals surface area (Å²) >= 11 is 6.10. The lowest BCUT2D eigenvalue weighted by Crippen LogP contribution is -1.90. The average molecular weight is 233 g/mol. The van der Waals surface area contributed by atoms with Crippen molar-refractivity contribution in [3.05, 3.63) is 64.2 Å². The zero-order chi connectivity index (χ0) is 11.5. The van der Waals surface area contributed by atoms with Crippen LogP contribution in [-0.2, 0) is 6.42 Å². The van der Waals surface area contributed by atoms with Gasteiger partial charge in [0, 0.05) is 0 Å².